The molecule has 0 aliphatic heterocycles. The molecule has 0 aliphatic rings. The van der Waals surface area contributed by atoms with Crippen molar-refractivity contribution in [3.63, 3.8) is 0 Å². The van der Waals surface area contributed by atoms with Gasteiger partial charge in [0.2, 0.25) is 0 Å². The number of hydrogen-bond acceptors (Lipinski definition) is 3. The van der Waals surface area contributed by atoms with Crippen molar-refractivity contribution in [1.29, 1.82) is 0 Å². The van der Waals surface area contributed by atoms with E-state index in [2.05, 4.69) is 28.3 Å². The highest BCUT2D eigenvalue weighted by Crippen LogP contribution is 2.15. The molecule has 0 saturated carbocycles. The van der Waals surface area contributed by atoms with Gasteiger partial charge in [-0.25, -0.2) is 9.78 Å². The molecule has 2 aromatic rings. The van der Waals surface area contributed by atoms with E-state index in [0.29, 0.717) is 0 Å². The summed E-state index contributed by atoms with van der Waals surface area (Å²) >= 11 is 0. The van der Waals surface area contributed by atoms with E-state index in [4.69, 9.17) is 5.11 Å². The first-order valence-corrected chi connectivity index (χ1v) is 6.56. The van der Waals surface area contributed by atoms with Crippen LogP contribution in [0.15, 0.2) is 24.5 Å². The Balaban J connectivity index is 2.19. The maximum absolute atomic E-state index is 10.9. The molecule has 0 aliphatic carbocycles. The van der Waals surface area contributed by atoms with Gasteiger partial charge in [0.25, 0.3) is 0 Å². The van der Waals surface area contributed by atoms with Crippen LogP contribution in [0.4, 0.5) is 0 Å². The second-order valence-electron chi connectivity index (χ2n) is 4.47. The standard InChI is InChI=1S/C14H19N3O2/c1-3-16(4-2)7-8-17-10-15-12-9-11(14(18)19)5-6-13(12)17/h5-6,9-10H,3-4,7-8H2,1-2H3,(H,18,19). The van der Waals surface area contributed by atoms with Crippen molar-refractivity contribution in [2.24, 2.45) is 0 Å². The molecule has 1 aromatic carbocycles. The summed E-state index contributed by atoms with van der Waals surface area (Å²) in [5.41, 5.74) is 2.00. The average molecular weight is 261 g/mol. The largest absolute Gasteiger partial charge is 0.478 e. The third kappa shape index (κ3) is 2.93. The normalized spacial score (nSPS) is 11.3. The molecule has 5 heteroatoms. The second-order valence-corrected chi connectivity index (χ2v) is 4.47. The van der Waals surface area contributed by atoms with Gasteiger partial charge in [0.15, 0.2) is 0 Å². The minimum Gasteiger partial charge on any atom is -0.478 e. The maximum Gasteiger partial charge on any atom is 0.335 e. The molecule has 19 heavy (non-hydrogen) atoms. The summed E-state index contributed by atoms with van der Waals surface area (Å²) < 4.78 is 2.07. The van der Waals surface area contributed by atoms with Gasteiger partial charge in [-0.2, -0.15) is 0 Å². The van der Waals surface area contributed by atoms with Gasteiger partial charge in [-0.1, -0.05) is 13.8 Å². The maximum atomic E-state index is 10.9. The number of carboxylic acids is 1. The first-order chi connectivity index (χ1) is 9.15. The lowest BCUT2D eigenvalue weighted by atomic mass is 10.2. The smallest absolute Gasteiger partial charge is 0.335 e. The third-order valence-electron chi connectivity index (χ3n) is 3.42. The van der Waals surface area contributed by atoms with Crippen molar-refractivity contribution in [3.8, 4) is 0 Å². The topological polar surface area (TPSA) is 58.4 Å². The third-order valence-corrected chi connectivity index (χ3v) is 3.42. The zero-order chi connectivity index (χ0) is 13.8. The van der Waals surface area contributed by atoms with E-state index < -0.39 is 5.97 Å². The van der Waals surface area contributed by atoms with Crippen LogP contribution < -0.4 is 0 Å². The number of rotatable bonds is 6. The van der Waals surface area contributed by atoms with Crippen molar-refractivity contribution < 1.29 is 9.90 Å². The lowest BCUT2D eigenvalue weighted by Crippen LogP contribution is -2.26. The summed E-state index contributed by atoms with van der Waals surface area (Å²) in [5.74, 6) is -0.917. The van der Waals surface area contributed by atoms with Gasteiger partial charge in [-0.05, 0) is 31.3 Å². The molecule has 2 rings (SSSR count). The Kier molecular flexibility index (Phi) is 4.16. The van der Waals surface area contributed by atoms with Crippen molar-refractivity contribution in [3.05, 3.63) is 30.1 Å². The number of aromatic nitrogens is 2. The molecule has 0 atom stereocenters. The fourth-order valence-corrected chi connectivity index (χ4v) is 2.16. The van der Waals surface area contributed by atoms with E-state index in [1.165, 1.54) is 0 Å². The van der Waals surface area contributed by atoms with Gasteiger partial charge < -0.3 is 14.6 Å². The van der Waals surface area contributed by atoms with Crippen LogP contribution in [0.2, 0.25) is 0 Å². The Morgan fingerprint density at radius 3 is 2.74 bits per heavy atom. The number of imidazole rings is 1. The molecule has 0 amide bonds. The van der Waals surface area contributed by atoms with E-state index in [0.717, 1.165) is 37.2 Å². The summed E-state index contributed by atoms with van der Waals surface area (Å²) in [6, 6.07) is 5.07. The van der Waals surface area contributed by atoms with E-state index in [1.54, 1.807) is 18.5 Å². The fraction of sp³-hybridized carbons (Fsp3) is 0.429. The van der Waals surface area contributed by atoms with Crippen LogP contribution in [0.5, 0.6) is 0 Å². The van der Waals surface area contributed by atoms with E-state index >= 15 is 0 Å². The molecular formula is C14H19N3O2. The van der Waals surface area contributed by atoms with Crippen LogP contribution in [0.1, 0.15) is 24.2 Å². The summed E-state index contributed by atoms with van der Waals surface area (Å²) in [6.07, 6.45) is 1.78. The van der Waals surface area contributed by atoms with Gasteiger partial charge >= 0.3 is 5.97 Å². The highest BCUT2D eigenvalue weighted by molar-refractivity contribution is 5.92. The molecule has 0 fully saturated rings. The predicted octanol–water partition coefficient (Wildman–Crippen LogP) is 2.08. The van der Waals surface area contributed by atoms with Crippen LogP contribution in [-0.4, -0.2) is 45.2 Å². The Bertz CT molecular complexity index is 573. The summed E-state index contributed by atoms with van der Waals surface area (Å²) in [7, 11) is 0. The fourth-order valence-electron chi connectivity index (χ4n) is 2.16. The highest BCUT2D eigenvalue weighted by Gasteiger charge is 2.08. The monoisotopic (exact) mass is 261 g/mol. The quantitative estimate of drug-likeness (QED) is 0.865. The molecule has 0 bridgehead atoms. The predicted molar refractivity (Wildman–Crippen MR) is 74.5 cm³/mol. The molecule has 0 saturated heterocycles. The molecular weight excluding hydrogens is 242 g/mol. The number of likely N-dealkylation sites (N-methyl/N-ethyl adjacent to an activating group) is 1. The number of benzene rings is 1. The van der Waals surface area contributed by atoms with E-state index in [1.807, 2.05) is 6.07 Å². The van der Waals surface area contributed by atoms with Crippen LogP contribution in [0.25, 0.3) is 11.0 Å². The molecule has 0 radical (unpaired) electrons. The second kappa shape index (κ2) is 5.84. The summed E-state index contributed by atoms with van der Waals surface area (Å²) in [4.78, 5) is 17.5. The lowest BCUT2D eigenvalue weighted by molar-refractivity contribution is 0.0697. The van der Waals surface area contributed by atoms with Crippen molar-refractivity contribution in [1.82, 2.24) is 14.5 Å². The van der Waals surface area contributed by atoms with Crippen molar-refractivity contribution in [2.75, 3.05) is 19.6 Å². The highest BCUT2D eigenvalue weighted by atomic mass is 16.4. The lowest BCUT2D eigenvalue weighted by Gasteiger charge is -2.18. The average Bonchev–Trinajstić information content (AvgIpc) is 2.82. The zero-order valence-electron chi connectivity index (χ0n) is 11.3. The Hall–Kier alpha value is -1.88. The summed E-state index contributed by atoms with van der Waals surface area (Å²) in [5, 5.41) is 8.95. The molecule has 1 N–H and O–H groups in total. The van der Waals surface area contributed by atoms with E-state index in [9.17, 15) is 4.79 Å². The molecule has 1 heterocycles. The van der Waals surface area contributed by atoms with Crippen LogP contribution in [-0.2, 0) is 6.54 Å². The first-order valence-electron chi connectivity index (χ1n) is 6.56. The molecule has 102 valence electrons. The number of nitrogens with zero attached hydrogens (tertiary/aromatic N) is 3. The molecule has 0 spiro atoms. The minimum atomic E-state index is -0.917. The molecule has 5 nitrogen and oxygen atoms in total. The van der Waals surface area contributed by atoms with E-state index in [-0.39, 0.29) is 5.56 Å². The van der Waals surface area contributed by atoms with Crippen molar-refractivity contribution >= 4 is 17.0 Å². The number of fused-ring (bicyclic) bond motifs is 1. The van der Waals surface area contributed by atoms with Crippen LogP contribution >= 0.6 is 0 Å². The Labute approximate surface area is 112 Å². The number of aromatic carboxylic acids is 1. The number of hydrogen-bond donors (Lipinski definition) is 1. The molecule has 0 unspecified atom stereocenters. The van der Waals surface area contributed by atoms with Gasteiger partial charge in [0.1, 0.15) is 0 Å². The van der Waals surface area contributed by atoms with Gasteiger partial charge in [-0.3, -0.25) is 0 Å². The Morgan fingerprint density at radius 1 is 1.37 bits per heavy atom. The SMILES string of the molecule is CCN(CC)CCn1cnc2cc(C(=O)O)ccc21. The summed E-state index contributed by atoms with van der Waals surface area (Å²) in [6.45, 7) is 8.20. The molecule has 1 aromatic heterocycles. The van der Waals surface area contributed by atoms with Crippen LogP contribution in [0, 0.1) is 0 Å². The Morgan fingerprint density at radius 2 is 2.11 bits per heavy atom. The van der Waals surface area contributed by atoms with Gasteiger partial charge in [-0.15, -0.1) is 0 Å². The van der Waals surface area contributed by atoms with Gasteiger partial charge in [0, 0.05) is 13.1 Å². The van der Waals surface area contributed by atoms with Gasteiger partial charge in [0.05, 0.1) is 22.9 Å². The van der Waals surface area contributed by atoms with Crippen LogP contribution in [0.3, 0.4) is 0 Å². The first kappa shape index (κ1) is 13.5. The van der Waals surface area contributed by atoms with Crippen molar-refractivity contribution in [2.45, 2.75) is 20.4 Å². The number of carboxylic acid groups (broad SMARTS) is 1. The number of carbonyl (C=O) groups is 1. The minimum absolute atomic E-state index is 0.279. The zero-order valence-corrected chi connectivity index (χ0v) is 11.3.